The number of allylic oxidation sites excluding steroid dienone is 1. The first-order chi connectivity index (χ1) is 9.03. The van der Waals surface area contributed by atoms with Gasteiger partial charge in [0.25, 0.3) is 0 Å². The van der Waals surface area contributed by atoms with Crippen LogP contribution in [0.15, 0.2) is 12.2 Å². The molecule has 1 aliphatic carbocycles. The summed E-state index contributed by atoms with van der Waals surface area (Å²) in [5.41, 5.74) is -0.732. The third kappa shape index (κ3) is 2.40. The van der Waals surface area contributed by atoms with Crippen molar-refractivity contribution in [3.05, 3.63) is 12.2 Å². The number of rotatable bonds is 3. The quantitative estimate of drug-likeness (QED) is 0.793. The lowest BCUT2D eigenvalue weighted by Crippen LogP contribution is -2.70. The van der Waals surface area contributed by atoms with Crippen molar-refractivity contribution in [1.82, 2.24) is 10.2 Å². The number of hydrogen-bond donors (Lipinski definition) is 1. The largest absolute Gasteiger partial charge is 0.340 e. The van der Waals surface area contributed by atoms with Gasteiger partial charge in [-0.25, -0.2) is 0 Å². The van der Waals surface area contributed by atoms with Crippen LogP contribution in [0.4, 0.5) is 0 Å². The SMILES string of the molecule is CCC1C(=O)NC(C)(CC)C(=O)N1C1CC=CCC1. The summed E-state index contributed by atoms with van der Waals surface area (Å²) in [6.07, 6.45) is 8.43. The molecule has 3 atom stereocenters. The highest BCUT2D eigenvalue weighted by Crippen LogP contribution is 2.29. The molecule has 0 bridgehead atoms. The Kier molecular flexibility index (Phi) is 3.97. The fourth-order valence-corrected chi connectivity index (χ4v) is 3.03. The van der Waals surface area contributed by atoms with Gasteiger partial charge in [0.1, 0.15) is 11.6 Å². The zero-order valence-electron chi connectivity index (χ0n) is 12.1. The van der Waals surface area contributed by atoms with Gasteiger partial charge >= 0.3 is 0 Å². The fourth-order valence-electron chi connectivity index (χ4n) is 3.03. The molecule has 2 aliphatic rings. The van der Waals surface area contributed by atoms with Crippen molar-refractivity contribution in [2.75, 3.05) is 0 Å². The molecule has 0 aromatic rings. The monoisotopic (exact) mass is 264 g/mol. The lowest BCUT2D eigenvalue weighted by atomic mass is 9.87. The molecule has 0 aromatic carbocycles. The topological polar surface area (TPSA) is 49.4 Å². The summed E-state index contributed by atoms with van der Waals surface area (Å²) in [6, 6.07) is -0.122. The minimum atomic E-state index is -0.732. The number of piperazine rings is 1. The van der Waals surface area contributed by atoms with E-state index in [1.165, 1.54) is 0 Å². The smallest absolute Gasteiger partial charge is 0.248 e. The first kappa shape index (κ1) is 14.1. The number of carbonyl (C=O) groups is 2. The van der Waals surface area contributed by atoms with E-state index in [0.717, 1.165) is 19.3 Å². The highest BCUT2D eigenvalue weighted by atomic mass is 16.2. The highest BCUT2D eigenvalue weighted by Gasteiger charge is 2.48. The minimum absolute atomic E-state index is 0.000929. The van der Waals surface area contributed by atoms with Crippen LogP contribution < -0.4 is 5.32 Å². The van der Waals surface area contributed by atoms with Gasteiger partial charge in [-0.3, -0.25) is 9.59 Å². The Bertz CT molecular complexity index is 405. The summed E-state index contributed by atoms with van der Waals surface area (Å²) in [4.78, 5) is 26.9. The van der Waals surface area contributed by atoms with E-state index < -0.39 is 5.54 Å². The Hall–Kier alpha value is -1.32. The highest BCUT2D eigenvalue weighted by molar-refractivity contribution is 5.99. The van der Waals surface area contributed by atoms with E-state index in [0.29, 0.717) is 12.8 Å². The van der Waals surface area contributed by atoms with Crippen molar-refractivity contribution in [3.8, 4) is 0 Å². The molecule has 0 saturated carbocycles. The Morgan fingerprint density at radius 3 is 2.63 bits per heavy atom. The van der Waals surface area contributed by atoms with Gasteiger partial charge in [0, 0.05) is 6.04 Å². The third-order valence-corrected chi connectivity index (χ3v) is 4.47. The maximum atomic E-state index is 12.8. The van der Waals surface area contributed by atoms with E-state index in [4.69, 9.17) is 0 Å². The van der Waals surface area contributed by atoms with Crippen molar-refractivity contribution in [2.24, 2.45) is 0 Å². The van der Waals surface area contributed by atoms with Gasteiger partial charge in [-0.15, -0.1) is 0 Å². The number of hydrogen-bond acceptors (Lipinski definition) is 2. The van der Waals surface area contributed by atoms with E-state index in [2.05, 4.69) is 17.5 Å². The van der Waals surface area contributed by atoms with Gasteiger partial charge in [0.15, 0.2) is 0 Å². The van der Waals surface area contributed by atoms with Crippen molar-refractivity contribution >= 4 is 11.8 Å². The molecule has 1 heterocycles. The van der Waals surface area contributed by atoms with Crippen LogP contribution in [0, 0.1) is 0 Å². The molecule has 1 aliphatic heterocycles. The summed E-state index contributed by atoms with van der Waals surface area (Å²) in [6.45, 7) is 5.76. The van der Waals surface area contributed by atoms with E-state index in [9.17, 15) is 9.59 Å². The lowest BCUT2D eigenvalue weighted by molar-refractivity contribution is -0.157. The molecule has 4 nitrogen and oxygen atoms in total. The zero-order valence-corrected chi connectivity index (χ0v) is 12.1. The van der Waals surface area contributed by atoms with Crippen molar-refractivity contribution in [3.63, 3.8) is 0 Å². The zero-order chi connectivity index (χ0) is 14.0. The molecule has 19 heavy (non-hydrogen) atoms. The first-order valence-corrected chi connectivity index (χ1v) is 7.33. The summed E-state index contributed by atoms with van der Waals surface area (Å²) in [5, 5.41) is 2.91. The molecule has 1 N–H and O–H groups in total. The molecule has 106 valence electrons. The number of carbonyl (C=O) groups excluding carboxylic acids is 2. The van der Waals surface area contributed by atoms with Gasteiger partial charge in [-0.2, -0.15) is 0 Å². The molecule has 2 rings (SSSR count). The molecule has 3 unspecified atom stereocenters. The van der Waals surface area contributed by atoms with E-state index in [1.807, 2.05) is 25.7 Å². The Morgan fingerprint density at radius 2 is 2.11 bits per heavy atom. The Morgan fingerprint density at radius 1 is 1.37 bits per heavy atom. The molecule has 0 radical (unpaired) electrons. The molecule has 1 fully saturated rings. The van der Waals surface area contributed by atoms with Gasteiger partial charge in [0.2, 0.25) is 11.8 Å². The van der Waals surface area contributed by atoms with E-state index in [1.54, 1.807) is 0 Å². The van der Waals surface area contributed by atoms with E-state index in [-0.39, 0.29) is 23.9 Å². The number of nitrogens with one attached hydrogen (secondary N) is 1. The van der Waals surface area contributed by atoms with Crippen LogP contribution in [0.25, 0.3) is 0 Å². The van der Waals surface area contributed by atoms with Crippen molar-refractivity contribution in [2.45, 2.75) is 70.5 Å². The van der Waals surface area contributed by atoms with Crippen molar-refractivity contribution in [1.29, 1.82) is 0 Å². The Balaban J connectivity index is 2.31. The molecule has 4 heteroatoms. The average molecular weight is 264 g/mol. The lowest BCUT2D eigenvalue weighted by Gasteiger charge is -2.47. The molecular formula is C15H24N2O2. The van der Waals surface area contributed by atoms with Crippen LogP contribution >= 0.6 is 0 Å². The van der Waals surface area contributed by atoms with Gasteiger partial charge in [-0.1, -0.05) is 26.0 Å². The number of nitrogens with zero attached hydrogens (tertiary/aromatic N) is 1. The fraction of sp³-hybridized carbons (Fsp3) is 0.733. The van der Waals surface area contributed by atoms with Gasteiger partial charge < -0.3 is 10.2 Å². The summed E-state index contributed by atoms with van der Waals surface area (Å²) in [5.74, 6) is 0.0859. The average Bonchev–Trinajstić information content (AvgIpc) is 2.43. The molecule has 1 saturated heterocycles. The second-order valence-electron chi connectivity index (χ2n) is 5.75. The van der Waals surface area contributed by atoms with Gasteiger partial charge in [-0.05, 0) is 39.0 Å². The summed E-state index contributed by atoms with van der Waals surface area (Å²) >= 11 is 0. The van der Waals surface area contributed by atoms with Gasteiger partial charge in [0.05, 0.1) is 0 Å². The van der Waals surface area contributed by atoms with Crippen LogP contribution in [0.5, 0.6) is 0 Å². The summed E-state index contributed by atoms with van der Waals surface area (Å²) in [7, 11) is 0. The van der Waals surface area contributed by atoms with Crippen LogP contribution in [-0.2, 0) is 9.59 Å². The van der Waals surface area contributed by atoms with Crippen LogP contribution in [0.1, 0.15) is 52.9 Å². The second kappa shape index (κ2) is 5.35. The Labute approximate surface area is 115 Å². The van der Waals surface area contributed by atoms with Crippen LogP contribution in [-0.4, -0.2) is 34.3 Å². The maximum absolute atomic E-state index is 12.8. The minimum Gasteiger partial charge on any atom is -0.340 e. The molecule has 0 spiro atoms. The molecule has 0 aromatic heterocycles. The third-order valence-electron chi connectivity index (χ3n) is 4.47. The maximum Gasteiger partial charge on any atom is 0.248 e. The predicted molar refractivity (Wildman–Crippen MR) is 74.5 cm³/mol. The van der Waals surface area contributed by atoms with Crippen molar-refractivity contribution < 1.29 is 9.59 Å². The predicted octanol–water partition coefficient (Wildman–Crippen LogP) is 2.00. The van der Waals surface area contributed by atoms with E-state index >= 15 is 0 Å². The number of amides is 2. The standard InChI is InChI=1S/C15H24N2O2/c1-4-12-13(18)16-15(3,5-2)14(19)17(12)11-9-7-6-8-10-11/h6-7,11-12H,4-5,8-10H2,1-3H3,(H,16,18). The van der Waals surface area contributed by atoms with Crippen LogP contribution in [0.2, 0.25) is 0 Å². The summed E-state index contributed by atoms with van der Waals surface area (Å²) < 4.78 is 0. The molecule has 2 amide bonds. The second-order valence-corrected chi connectivity index (χ2v) is 5.75. The molecular weight excluding hydrogens is 240 g/mol. The normalized spacial score (nSPS) is 35.4. The van der Waals surface area contributed by atoms with Crippen LogP contribution in [0.3, 0.4) is 0 Å². The first-order valence-electron chi connectivity index (χ1n) is 7.33.